The van der Waals surface area contributed by atoms with E-state index in [1.807, 2.05) is 0 Å². The molecular weight excluding hydrogens is 641 g/mol. The molecule has 3 N–H and O–H groups in total. The number of hydrogen-bond donors (Lipinski definition) is 2. The zero-order chi connectivity index (χ0) is 36.1. The number of allylic oxidation sites excluding steroid dienone is 4. The predicted octanol–water partition coefficient (Wildman–Crippen LogP) is 10.8. The van der Waals surface area contributed by atoms with Gasteiger partial charge < -0.3 is 20.1 Å². The molecular formula is C39H74NO8P. The fourth-order valence-corrected chi connectivity index (χ4v) is 6.09. The molecule has 0 aromatic carbocycles. The van der Waals surface area contributed by atoms with Gasteiger partial charge in [0.2, 0.25) is 0 Å². The number of unbranched alkanes of at least 4 members (excludes halogenated alkanes) is 20. The van der Waals surface area contributed by atoms with E-state index in [0.717, 1.165) is 70.6 Å². The summed E-state index contributed by atoms with van der Waals surface area (Å²) in [6, 6.07) is 0. The molecule has 2 atom stereocenters. The number of nitrogens with two attached hydrogens (primary N) is 1. The van der Waals surface area contributed by atoms with Crippen molar-refractivity contribution in [3.8, 4) is 0 Å². The van der Waals surface area contributed by atoms with Gasteiger partial charge in [-0.1, -0.05) is 128 Å². The van der Waals surface area contributed by atoms with E-state index >= 15 is 0 Å². The average Bonchev–Trinajstić information content (AvgIpc) is 3.08. The van der Waals surface area contributed by atoms with E-state index in [2.05, 4.69) is 38.2 Å². The molecule has 288 valence electrons. The molecule has 10 heteroatoms. The van der Waals surface area contributed by atoms with Crippen molar-refractivity contribution in [3.63, 3.8) is 0 Å². The standard InChI is InChI=1S/C39H74NO8P/c1-3-5-7-9-11-13-15-17-18-20-22-24-26-28-30-32-39(42)48-37(36-47-49(43,44)46-34-33-40)35-45-38(41)31-29-27-25-23-21-19-16-14-12-10-8-6-4-2/h14,16-18,37H,3-13,15,19-36,40H2,1-2H3,(H,43,44)/b16-14-,18-17-/t37-/m1/s1. The van der Waals surface area contributed by atoms with E-state index < -0.39 is 32.5 Å². The number of phosphoric ester groups is 1. The molecule has 0 saturated carbocycles. The molecule has 9 nitrogen and oxygen atoms in total. The summed E-state index contributed by atoms with van der Waals surface area (Å²) in [5.74, 6) is -0.847. The number of carbonyl (C=O) groups is 2. The molecule has 0 aromatic rings. The van der Waals surface area contributed by atoms with Gasteiger partial charge in [-0.3, -0.25) is 18.6 Å². The lowest BCUT2D eigenvalue weighted by atomic mass is 10.1. The summed E-state index contributed by atoms with van der Waals surface area (Å²) in [5, 5.41) is 0. The van der Waals surface area contributed by atoms with Crippen molar-refractivity contribution in [1.29, 1.82) is 0 Å². The fourth-order valence-electron chi connectivity index (χ4n) is 5.33. The van der Waals surface area contributed by atoms with Gasteiger partial charge in [0, 0.05) is 19.4 Å². The van der Waals surface area contributed by atoms with Crippen LogP contribution >= 0.6 is 7.82 Å². The highest BCUT2D eigenvalue weighted by Crippen LogP contribution is 2.43. The molecule has 0 aliphatic carbocycles. The monoisotopic (exact) mass is 716 g/mol. The Morgan fingerprint density at radius 1 is 0.592 bits per heavy atom. The lowest BCUT2D eigenvalue weighted by Crippen LogP contribution is -2.29. The normalized spacial score (nSPS) is 13.6. The minimum atomic E-state index is -4.37. The Morgan fingerprint density at radius 3 is 1.47 bits per heavy atom. The van der Waals surface area contributed by atoms with Gasteiger partial charge in [-0.25, -0.2) is 4.57 Å². The SMILES string of the molecule is CCCCCC/C=C\CCCCCCCC(=O)OC[C@H](COP(=O)(O)OCCN)OC(=O)CCCCCCC/C=C\CCCCCCCC. The van der Waals surface area contributed by atoms with Crippen molar-refractivity contribution in [3.05, 3.63) is 24.3 Å². The van der Waals surface area contributed by atoms with Crippen LogP contribution < -0.4 is 5.73 Å². The van der Waals surface area contributed by atoms with Crippen molar-refractivity contribution in [2.75, 3.05) is 26.4 Å². The van der Waals surface area contributed by atoms with Crippen LogP contribution in [0.4, 0.5) is 0 Å². The molecule has 0 fully saturated rings. The minimum Gasteiger partial charge on any atom is -0.462 e. The molecule has 0 rings (SSSR count). The van der Waals surface area contributed by atoms with Gasteiger partial charge >= 0.3 is 19.8 Å². The summed E-state index contributed by atoms with van der Waals surface area (Å²) in [4.78, 5) is 34.7. The van der Waals surface area contributed by atoms with E-state index in [1.165, 1.54) is 77.0 Å². The molecule has 0 aliphatic rings. The predicted molar refractivity (Wildman–Crippen MR) is 201 cm³/mol. The van der Waals surface area contributed by atoms with Crippen molar-refractivity contribution < 1.29 is 37.6 Å². The summed E-state index contributed by atoms with van der Waals surface area (Å²) in [7, 11) is -4.37. The van der Waals surface area contributed by atoms with Crippen LogP contribution in [0, 0.1) is 0 Å². The van der Waals surface area contributed by atoms with Crippen LogP contribution in [-0.4, -0.2) is 49.3 Å². The van der Waals surface area contributed by atoms with Gasteiger partial charge in [-0.05, 0) is 64.2 Å². The topological polar surface area (TPSA) is 134 Å². The quantitative estimate of drug-likeness (QED) is 0.0279. The van der Waals surface area contributed by atoms with E-state index in [4.69, 9.17) is 24.3 Å². The van der Waals surface area contributed by atoms with Gasteiger partial charge in [-0.2, -0.15) is 0 Å². The minimum absolute atomic E-state index is 0.0517. The Kier molecular flexibility index (Phi) is 35.2. The van der Waals surface area contributed by atoms with Crippen molar-refractivity contribution >= 4 is 19.8 Å². The van der Waals surface area contributed by atoms with Crippen molar-refractivity contribution in [2.45, 2.75) is 187 Å². The number of esters is 2. The van der Waals surface area contributed by atoms with Crippen molar-refractivity contribution in [1.82, 2.24) is 0 Å². The first-order chi connectivity index (χ1) is 23.8. The summed E-state index contributed by atoms with van der Waals surface area (Å²) in [6.07, 6.45) is 36.3. The van der Waals surface area contributed by atoms with Crippen LogP contribution in [0.25, 0.3) is 0 Å². The fraction of sp³-hybridized carbons (Fsp3) is 0.846. The zero-order valence-corrected chi connectivity index (χ0v) is 32.3. The van der Waals surface area contributed by atoms with Crippen molar-refractivity contribution in [2.24, 2.45) is 5.73 Å². The Balaban J connectivity index is 4.23. The lowest BCUT2D eigenvalue weighted by molar-refractivity contribution is -0.161. The van der Waals surface area contributed by atoms with Crippen LogP contribution in [0.3, 0.4) is 0 Å². The first-order valence-electron chi connectivity index (χ1n) is 19.8. The Morgan fingerprint density at radius 2 is 1.00 bits per heavy atom. The third-order valence-electron chi connectivity index (χ3n) is 8.31. The van der Waals surface area contributed by atoms with Gasteiger partial charge in [0.1, 0.15) is 6.61 Å². The molecule has 0 aromatic heterocycles. The smallest absolute Gasteiger partial charge is 0.462 e. The Bertz CT molecular complexity index is 866. The largest absolute Gasteiger partial charge is 0.472 e. The Hall–Kier alpha value is -1.51. The summed E-state index contributed by atoms with van der Waals surface area (Å²) >= 11 is 0. The molecule has 0 saturated heterocycles. The maximum atomic E-state index is 12.5. The highest BCUT2D eigenvalue weighted by Gasteiger charge is 2.25. The first kappa shape index (κ1) is 47.5. The molecule has 49 heavy (non-hydrogen) atoms. The summed E-state index contributed by atoms with van der Waals surface area (Å²) in [5.41, 5.74) is 5.33. The second kappa shape index (κ2) is 36.3. The molecule has 0 heterocycles. The lowest BCUT2D eigenvalue weighted by Gasteiger charge is -2.19. The molecule has 0 radical (unpaired) electrons. The Labute approximate surface area is 300 Å². The van der Waals surface area contributed by atoms with E-state index in [9.17, 15) is 19.0 Å². The van der Waals surface area contributed by atoms with Gasteiger partial charge in [-0.15, -0.1) is 0 Å². The van der Waals surface area contributed by atoms with Gasteiger partial charge in [0.25, 0.3) is 0 Å². The molecule has 0 spiro atoms. The number of hydrogen-bond acceptors (Lipinski definition) is 8. The third-order valence-corrected chi connectivity index (χ3v) is 9.29. The molecule has 1 unspecified atom stereocenters. The molecule has 0 bridgehead atoms. The maximum Gasteiger partial charge on any atom is 0.472 e. The van der Waals surface area contributed by atoms with E-state index in [1.54, 1.807) is 0 Å². The van der Waals surface area contributed by atoms with Gasteiger partial charge in [0.05, 0.1) is 13.2 Å². The van der Waals surface area contributed by atoms with Crippen LogP contribution in [0.5, 0.6) is 0 Å². The van der Waals surface area contributed by atoms with Crippen LogP contribution in [0.1, 0.15) is 181 Å². The highest BCUT2D eigenvalue weighted by atomic mass is 31.2. The molecule has 0 amide bonds. The van der Waals surface area contributed by atoms with Crippen LogP contribution in [0.15, 0.2) is 24.3 Å². The van der Waals surface area contributed by atoms with Crippen LogP contribution in [0.2, 0.25) is 0 Å². The third kappa shape index (κ3) is 36.1. The number of phosphoric acid groups is 1. The summed E-state index contributed by atoms with van der Waals surface area (Å²) < 4.78 is 32.7. The second-order valence-electron chi connectivity index (χ2n) is 13.1. The maximum absolute atomic E-state index is 12.5. The van der Waals surface area contributed by atoms with E-state index in [-0.39, 0.29) is 32.6 Å². The van der Waals surface area contributed by atoms with Crippen LogP contribution in [-0.2, 0) is 32.7 Å². The van der Waals surface area contributed by atoms with Gasteiger partial charge in [0.15, 0.2) is 6.10 Å². The highest BCUT2D eigenvalue weighted by molar-refractivity contribution is 7.47. The second-order valence-corrected chi connectivity index (χ2v) is 14.6. The first-order valence-corrected chi connectivity index (χ1v) is 21.3. The zero-order valence-electron chi connectivity index (χ0n) is 31.4. The average molecular weight is 716 g/mol. The summed E-state index contributed by atoms with van der Waals surface area (Å²) in [6.45, 7) is 3.69. The molecule has 0 aliphatic heterocycles. The number of carbonyl (C=O) groups excluding carboxylic acids is 2. The van der Waals surface area contributed by atoms with E-state index in [0.29, 0.717) is 6.42 Å². The number of rotatable bonds is 37. The number of ether oxygens (including phenoxy) is 2.